The van der Waals surface area contributed by atoms with E-state index in [-0.39, 0.29) is 5.91 Å². The van der Waals surface area contributed by atoms with E-state index >= 15 is 0 Å². The molecule has 0 radical (unpaired) electrons. The van der Waals surface area contributed by atoms with Crippen LogP contribution in [0.1, 0.15) is 42.1 Å². The van der Waals surface area contributed by atoms with Crippen LogP contribution < -0.4 is 10.1 Å². The molecule has 0 fully saturated rings. The van der Waals surface area contributed by atoms with Crippen molar-refractivity contribution in [2.45, 2.75) is 46.6 Å². The zero-order valence-electron chi connectivity index (χ0n) is 15.6. The molecular formula is C20H24N4O2. The smallest absolute Gasteiger partial charge is 0.267 e. The maximum absolute atomic E-state index is 12.5. The lowest BCUT2D eigenvalue weighted by atomic mass is 10.1. The second-order valence-corrected chi connectivity index (χ2v) is 6.60. The van der Waals surface area contributed by atoms with Gasteiger partial charge >= 0.3 is 0 Å². The van der Waals surface area contributed by atoms with Gasteiger partial charge in [-0.1, -0.05) is 23.8 Å². The molecule has 6 nitrogen and oxygen atoms in total. The molecule has 1 amide bonds. The van der Waals surface area contributed by atoms with Crippen molar-refractivity contribution in [1.82, 2.24) is 9.97 Å². The number of amides is 1. The Hall–Kier alpha value is -2.89. The molecule has 0 bridgehead atoms. The number of hydrogen-bond acceptors (Lipinski definition) is 4. The Bertz CT molecular complexity index is 857. The fourth-order valence-corrected chi connectivity index (χ4v) is 3.01. The first kappa shape index (κ1) is 17.9. The molecular weight excluding hydrogens is 328 g/mol. The van der Waals surface area contributed by atoms with Crippen LogP contribution in [0.4, 0.5) is 5.95 Å². The van der Waals surface area contributed by atoms with Crippen molar-refractivity contribution < 1.29 is 9.53 Å². The number of ether oxygens (including phenoxy) is 1. The van der Waals surface area contributed by atoms with Crippen LogP contribution >= 0.6 is 0 Å². The summed E-state index contributed by atoms with van der Waals surface area (Å²) in [5.74, 6) is 0.881. The monoisotopic (exact) mass is 352 g/mol. The number of carbonyl (C=O) groups excluding carboxylic acids is 1. The highest BCUT2D eigenvalue weighted by Gasteiger charge is 2.19. The Kier molecular flexibility index (Phi) is 5.21. The number of hydrogen-bond donors (Lipinski definition) is 2. The zero-order valence-corrected chi connectivity index (χ0v) is 15.6. The third kappa shape index (κ3) is 4.02. The molecule has 2 N–H and O–H groups in total. The highest BCUT2D eigenvalue weighted by atomic mass is 16.5. The van der Waals surface area contributed by atoms with Gasteiger partial charge in [-0.15, -0.1) is 0 Å². The van der Waals surface area contributed by atoms with E-state index in [9.17, 15) is 4.79 Å². The van der Waals surface area contributed by atoms with E-state index in [4.69, 9.17) is 4.74 Å². The van der Waals surface area contributed by atoms with E-state index in [0.717, 1.165) is 41.1 Å². The molecule has 1 aliphatic heterocycles. The van der Waals surface area contributed by atoms with Gasteiger partial charge in [0.15, 0.2) is 6.10 Å². The van der Waals surface area contributed by atoms with Crippen molar-refractivity contribution >= 4 is 23.8 Å². The molecule has 2 heterocycles. The number of aryl methyl sites for hydroxylation is 3. The molecule has 0 saturated heterocycles. The van der Waals surface area contributed by atoms with Gasteiger partial charge < -0.3 is 9.72 Å². The Morgan fingerprint density at radius 1 is 1.23 bits per heavy atom. The fourth-order valence-electron chi connectivity index (χ4n) is 3.01. The summed E-state index contributed by atoms with van der Waals surface area (Å²) in [5, 5.41) is 2.76. The molecule has 0 saturated carbocycles. The van der Waals surface area contributed by atoms with Gasteiger partial charge in [0, 0.05) is 6.21 Å². The number of anilines is 1. The number of imidazole rings is 1. The van der Waals surface area contributed by atoms with Crippen molar-refractivity contribution in [3.8, 4) is 5.75 Å². The van der Waals surface area contributed by atoms with Crippen LogP contribution in [0, 0.1) is 20.8 Å². The molecule has 0 aliphatic carbocycles. The second-order valence-electron chi connectivity index (χ2n) is 6.60. The van der Waals surface area contributed by atoms with Gasteiger partial charge in [-0.05, 0) is 51.7 Å². The molecule has 0 spiro atoms. The minimum Gasteiger partial charge on any atom is -0.480 e. The van der Waals surface area contributed by atoms with Gasteiger partial charge in [0.25, 0.3) is 5.91 Å². The van der Waals surface area contributed by atoms with Gasteiger partial charge in [0.2, 0.25) is 5.95 Å². The highest BCUT2D eigenvalue weighted by molar-refractivity contribution is 5.93. The molecule has 1 aliphatic rings. The fraction of sp³-hybridized carbons (Fsp3) is 0.350. The number of nitrogens with one attached hydrogen (secondary N) is 2. The summed E-state index contributed by atoms with van der Waals surface area (Å²) in [5.41, 5.74) is 4.84. The predicted octanol–water partition coefficient (Wildman–Crippen LogP) is 3.95. The first-order valence-corrected chi connectivity index (χ1v) is 8.77. The summed E-state index contributed by atoms with van der Waals surface area (Å²) in [6.07, 6.45) is 6.87. The lowest BCUT2D eigenvalue weighted by Crippen LogP contribution is -2.31. The van der Waals surface area contributed by atoms with Crippen molar-refractivity contribution in [3.63, 3.8) is 0 Å². The van der Waals surface area contributed by atoms with E-state index in [1.165, 1.54) is 5.56 Å². The Balaban J connectivity index is 1.66. The molecule has 1 atom stereocenters. The minimum atomic E-state index is -0.643. The van der Waals surface area contributed by atoms with Crippen molar-refractivity contribution in [2.24, 2.45) is 4.99 Å². The number of nitrogens with zero attached hydrogens (tertiary/aromatic N) is 2. The number of allylic oxidation sites excluding steroid dienone is 1. The van der Waals surface area contributed by atoms with Crippen LogP contribution in [-0.2, 0) is 4.79 Å². The summed E-state index contributed by atoms with van der Waals surface area (Å²) < 4.78 is 5.90. The van der Waals surface area contributed by atoms with Gasteiger partial charge in [-0.3, -0.25) is 15.1 Å². The topological polar surface area (TPSA) is 79.4 Å². The van der Waals surface area contributed by atoms with Crippen molar-refractivity contribution in [1.29, 1.82) is 0 Å². The molecule has 1 aromatic heterocycles. The highest BCUT2D eigenvalue weighted by Crippen LogP contribution is 2.26. The number of H-pyrrole nitrogens is 1. The molecule has 3 rings (SSSR count). The number of aromatic nitrogens is 2. The van der Waals surface area contributed by atoms with Crippen LogP contribution in [0.2, 0.25) is 0 Å². The van der Waals surface area contributed by atoms with Crippen LogP contribution in [0.5, 0.6) is 5.75 Å². The molecule has 2 aromatic rings. The summed E-state index contributed by atoms with van der Waals surface area (Å²) in [6.45, 7) is 7.74. The molecule has 1 unspecified atom stereocenters. The van der Waals surface area contributed by atoms with Gasteiger partial charge in [-0.2, -0.15) is 0 Å². The van der Waals surface area contributed by atoms with E-state index < -0.39 is 6.10 Å². The average molecular weight is 352 g/mol. The molecule has 6 heteroatoms. The summed E-state index contributed by atoms with van der Waals surface area (Å²) in [7, 11) is 0. The standard InChI is InChI=1S/C20H24N4O2/c1-12-9-13(2)18(14(3)10-12)26-15(4)19(25)24-20-22-11-17(23-20)16-7-5-6-8-21-16/h7-11,15H,5-6H2,1-4H3,(H2,22,23,24,25). The van der Waals surface area contributed by atoms with Crippen LogP contribution in [0.25, 0.3) is 5.70 Å². The number of rotatable bonds is 5. The largest absolute Gasteiger partial charge is 0.480 e. The lowest BCUT2D eigenvalue weighted by Gasteiger charge is -2.18. The third-order valence-electron chi connectivity index (χ3n) is 4.23. The Morgan fingerprint density at radius 2 is 1.96 bits per heavy atom. The number of aromatic amines is 1. The first-order valence-electron chi connectivity index (χ1n) is 8.77. The normalized spacial score (nSPS) is 14.7. The minimum absolute atomic E-state index is 0.258. The number of benzene rings is 1. The maximum atomic E-state index is 12.5. The number of aliphatic imine (C=N–C) groups is 1. The summed E-state index contributed by atoms with van der Waals surface area (Å²) in [4.78, 5) is 24.1. The van der Waals surface area contributed by atoms with Crippen molar-refractivity contribution in [3.05, 3.63) is 46.8 Å². The third-order valence-corrected chi connectivity index (χ3v) is 4.23. The SMILES string of the molecule is Cc1cc(C)c(OC(C)C(=O)Nc2ncc(C3=CCCC=N3)[nH]2)c(C)c1. The maximum Gasteiger partial charge on any atom is 0.267 e. The van der Waals surface area contributed by atoms with Gasteiger partial charge in [0.1, 0.15) is 5.75 Å². The van der Waals surface area contributed by atoms with E-state index in [2.05, 4.69) is 20.3 Å². The predicted molar refractivity (Wildman–Crippen MR) is 104 cm³/mol. The molecule has 26 heavy (non-hydrogen) atoms. The summed E-state index contributed by atoms with van der Waals surface area (Å²) in [6, 6.07) is 4.09. The van der Waals surface area contributed by atoms with Crippen LogP contribution in [-0.4, -0.2) is 28.2 Å². The van der Waals surface area contributed by atoms with E-state index in [0.29, 0.717) is 5.95 Å². The summed E-state index contributed by atoms with van der Waals surface area (Å²) >= 11 is 0. The first-order chi connectivity index (χ1) is 12.4. The number of carbonyl (C=O) groups is 1. The average Bonchev–Trinajstić information content (AvgIpc) is 3.07. The molecule has 1 aromatic carbocycles. The van der Waals surface area contributed by atoms with E-state index in [1.807, 2.05) is 45.2 Å². The van der Waals surface area contributed by atoms with Gasteiger partial charge in [0.05, 0.1) is 17.6 Å². The van der Waals surface area contributed by atoms with Crippen molar-refractivity contribution in [2.75, 3.05) is 5.32 Å². The van der Waals surface area contributed by atoms with Crippen LogP contribution in [0.3, 0.4) is 0 Å². The van der Waals surface area contributed by atoms with Crippen LogP contribution in [0.15, 0.2) is 29.4 Å². The second kappa shape index (κ2) is 7.56. The Morgan fingerprint density at radius 3 is 2.62 bits per heavy atom. The van der Waals surface area contributed by atoms with E-state index in [1.54, 1.807) is 13.1 Å². The molecule has 136 valence electrons. The van der Waals surface area contributed by atoms with Gasteiger partial charge in [-0.25, -0.2) is 4.98 Å². The zero-order chi connectivity index (χ0) is 18.7. The quantitative estimate of drug-likeness (QED) is 0.855. The Labute approximate surface area is 153 Å². The lowest BCUT2D eigenvalue weighted by molar-refractivity contribution is -0.122.